The molecule has 0 spiro atoms. The van der Waals surface area contributed by atoms with E-state index >= 15 is 0 Å². The second-order valence-electron chi connectivity index (χ2n) is 8.95. The average molecular weight is 545 g/mol. The fourth-order valence-electron chi connectivity index (χ4n) is 4.30. The molecule has 3 aromatic carbocycles. The summed E-state index contributed by atoms with van der Waals surface area (Å²) in [7, 11) is -3.91. The van der Waals surface area contributed by atoms with Gasteiger partial charge in [0, 0.05) is 29.2 Å². The second kappa shape index (κ2) is 12.6. The molecule has 1 heterocycles. The highest BCUT2D eigenvalue weighted by Crippen LogP contribution is 2.22. The van der Waals surface area contributed by atoms with E-state index < -0.39 is 15.9 Å². The molecule has 202 valence electrons. The number of amides is 1. The number of nitrogens with zero attached hydrogens (tertiary/aromatic N) is 3. The van der Waals surface area contributed by atoms with Crippen LogP contribution < -0.4 is 10.2 Å². The number of aryl methyl sites for hydroxylation is 1. The van der Waals surface area contributed by atoms with Crippen molar-refractivity contribution in [1.29, 1.82) is 0 Å². The van der Waals surface area contributed by atoms with Gasteiger partial charge in [-0.1, -0.05) is 48.5 Å². The van der Waals surface area contributed by atoms with Crippen molar-refractivity contribution in [2.24, 2.45) is 5.10 Å². The van der Waals surface area contributed by atoms with E-state index in [1.807, 2.05) is 81.4 Å². The van der Waals surface area contributed by atoms with Crippen molar-refractivity contribution in [2.75, 3.05) is 13.2 Å². The lowest BCUT2D eigenvalue weighted by molar-refractivity contribution is -0.121. The molecular formula is C30H32N4O4S. The van der Waals surface area contributed by atoms with Crippen molar-refractivity contribution in [1.82, 2.24) is 14.3 Å². The zero-order valence-electron chi connectivity index (χ0n) is 22.2. The second-order valence-corrected chi connectivity index (χ2v) is 10.9. The molecule has 9 heteroatoms. The first-order valence-electron chi connectivity index (χ1n) is 12.6. The zero-order chi connectivity index (χ0) is 27.8. The maximum absolute atomic E-state index is 13.3. The van der Waals surface area contributed by atoms with E-state index in [1.165, 1.54) is 12.1 Å². The van der Waals surface area contributed by atoms with E-state index in [4.69, 9.17) is 4.74 Å². The van der Waals surface area contributed by atoms with Gasteiger partial charge in [-0.15, -0.1) is 0 Å². The van der Waals surface area contributed by atoms with Crippen LogP contribution in [0.2, 0.25) is 0 Å². The largest absolute Gasteiger partial charge is 0.494 e. The Labute approximate surface area is 229 Å². The number of nitrogens with one attached hydrogen (secondary N) is 1. The van der Waals surface area contributed by atoms with Gasteiger partial charge in [0.2, 0.25) is 10.0 Å². The summed E-state index contributed by atoms with van der Waals surface area (Å²) in [5.41, 5.74) is 7.04. The third-order valence-electron chi connectivity index (χ3n) is 6.17. The van der Waals surface area contributed by atoms with Gasteiger partial charge in [-0.2, -0.15) is 9.41 Å². The SMILES string of the molecule is CCOc1ccc(-n2c(C)cc(/C=N/NC(=O)CN(Cc3ccccc3)S(=O)(=O)c3ccccc3)c2C)cc1. The van der Waals surface area contributed by atoms with Crippen LogP contribution in [-0.4, -0.2) is 42.6 Å². The van der Waals surface area contributed by atoms with Crippen LogP contribution in [-0.2, 0) is 21.4 Å². The molecule has 4 aromatic rings. The number of carbonyl (C=O) groups is 1. The normalized spacial score (nSPS) is 11.7. The standard InChI is InChI=1S/C30H32N4O4S/c1-4-38-28-17-15-27(16-18-28)34-23(2)19-26(24(34)3)20-31-32-30(35)22-33(21-25-11-7-5-8-12-25)39(36,37)29-13-9-6-10-14-29/h5-20H,4,21-22H2,1-3H3,(H,32,35)/b31-20+. The predicted molar refractivity (Wildman–Crippen MR) is 153 cm³/mol. The Morgan fingerprint density at radius 2 is 1.62 bits per heavy atom. The van der Waals surface area contributed by atoms with Crippen LogP contribution >= 0.6 is 0 Å². The van der Waals surface area contributed by atoms with Crippen LogP contribution in [0.5, 0.6) is 5.75 Å². The van der Waals surface area contributed by atoms with Gasteiger partial charge >= 0.3 is 0 Å². The van der Waals surface area contributed by atoms with Gasteiger partial charge in [0.15, 0.2) is 0 Å². The third-order valence-corrected chi connectivity index (χ3v) is 7.98. The molecule has 0 bridgehead atoms. The summed E-state index contributed by atoms with van der Waals surface area (Å²) in [5, 5.41) is 4.12. The summed E-state index contributed by atoms with van der Waals surface area (Å²) < 4.78 is 35.5. The highest BCUT2D eigenvalue weighted by molar-refractivity contribution is 7.89. The van der Waals surface area contributed by atoms with Gasteiger partial charge < -0.3 is 9.30 Å². The van der Waals surface area contributed by atoms with Crippen molar-refractivity contribution >= 4 is 22.1 Å². The Kier molecular flexibility index (Phi) is 8.96. The first-order chi connectivity index (χ1) is 18.8. The number of hydrogen-bond acceptors (Lipinski definition) is 5. The first-order valence-corrected chi connectivity index (χ1v) is 14.1. The number of carbonyl (C=O) groups excluding carboxylic acids is 1. The van der Waals surface area contributed by atoms with Crippen molar-refractivity contribution in [3.63, 3.8) is 0 Å². The van der Waals surface area contributed by atoms with E-state index in [9.17, 15) is 13.2 Å². The van der Waals surface area contributed by atoms with E-state index in [2.05, 4.69) is 15.1 Å². The number of hydrazone groups is 1. The Morgan fingerprint density at radius 1 is 0.974 bits per heavy atom. The highest BCUT2D eigenvalue weighted by Gasteiger charge is 2.26. The van der Waals surface area contributed by atoms with Crippen LogP contribution in [0.4, 0.5) is 0 Å². The minimum absolute atomic E-state index is 0.0540. The molecule has 0 saturated heterocycles. The number of sulfonamides is 1. The van der Waals surface area contributed by atoms with Gasteiger partial charge in [0.05, 0.1) is 24.3 Å². The molecule has 0 unspecified atom stereocenters. The van der Waals surface area contributed by atoms with Gasteiger partial charge in [0.1, 0.15) is 5.75 Å². The molecular weight excluding hydrogens is 512 g/mol. The molecule has 39 heavy (non-hydrogen) atoms. The average Bonchev–Trinajstić information content (AvgIpc) is 3.22. The van der Waals surface area contributed by atoms with Crippen molar-refractivity contribution in [3.05, 3.63) is 114 Å². The molecule has 1 aromatic heterocycles. The molecule has 0 atom stereocenters. The van der Waals surface area contributed by atoms with Gasteiger partial charge in [0.25, 0.3) is 5.91 Å². The molecule has 0 aliphatic heterocycles. The summed E-state index contributed by atoms with van der Waals surface area (Å²) in [5.74, 6) is 0.269. The smallest absolute Gasteiger partial charge is 0.255 e. The fraction of sp³-hybridized carbons (Fsp3) is 0.200. The Balaban J connectivity index is 1.48. The van der Waals surface area contributed by atoms with Crippen LogP contribution in [0.3, 0.4) is 0 Å². The van der Waals surface area contributed by atoms with Gasteiger partial charge in [-0.25, -0.2) is 13.8 Å². The third kappa shape index (κ3) is 6.81. The van der Waals surface area contributed by atoms with Gasteiger partial charge in [-0.05, 0) is 68.8 Å². The molecule has 0 aliphatic rings. The van der Waals surface area contributed by atoms with E-state index in [1.54, 1.807) is 24.4 Å². The summed E-state index contributed by atoms with van der Waals surface area (Å²) in [4.78, 5) is 13.0. The van der Waals surface area contributed by atoms with Crippen molar-refractivity contribution in [3.8, 4) is 11.4 Å². The minimum atomic E-state index is -3.91. The fourth-order valence-corrected chi connectivity index (χ4v) is 5.70. The van der Waals surface area contributed by atoms with Crippen LogP contribution in [0.25, 0.3) is 5.69 Å². The molecule has 8 nitrogen and oxygen atoms in total. The maximum Gasteiger partial charge on any atom is 0.255 e. The summed E-state index contributed by atoms with van der Waals surface area (Å²) in [6, 6.07) is 27.1. The first kappa shape index (κ1) is 27.8. The van der Waals surface area contributed by atoms with Crippen molar-refractivity contribution in [2.45, 2.75) is 32.2 Å². The highest BCUT2D eigenvalue weighted by atomic mass is 32.2. The monoisotopic (exact) mass is 544 g/mol. The number of benzene rings is 3. The quantitative estimate of drug-likeness (QED) is 0.216. The zero-order valence-corrected chi connectivity index (χ0v) is 23.1. The number of ether oxygens (including phenoxy) is 1. The van der Waals surface area contributed by atoms with Crippen LogP contribution in [0.1, 0.15) is 29.4 Å². The topological polar surface area (TPSA) is 93.0 Å². The predicted octanol–water partition coefficient (Wildman–Crippen LogP) is 4.83. The summed E-state index contributed by atoms with van der Waals surface area (Å²) >= 11 is 0. The Morgan fingerprint density at radius 3 is 2.26 bits per heavy atom. The van der Waals surface area contributed by atoms with Crippen LogP contribution in [0, 0.1) is 13.8 Å². The van der Waals surface area contributed by atoms with Crippen molar-refractivity contribution < 1.29 is 17.9 Å². The Bertz CT molecular complexity index is 1530. The van der Waals surface area contributed by atoms with E-state index in [0.29, 0.717) is 6.61 Å². The lowest BCUT2D eigenvalue weighted by atomic mass is 10.2. The molecule has 0 fully saturated rings. The van der Waals surface area contributed by atoms with Crippen LogP contribution in [0.15, 0.2) is 101 Å². The molecule has 1 N–H and O–H groups in total. The Hall–Kier alpha value is -4.21. The lowest BCUT2D eigenvalue weighted by Gasteiger charge is -2.21. The molecule has 0 saturated carbocycles. The molecule has 1 amide bonds. The molecule has 4 rings (SSSR count). The van der Waals surface area contributed by atoms with Gasteiger partial charge in [-0.3, -0.25) is 4.79 Å². The number of hydrogen-bond donors (Lipinski definition) is 1. The van der Waals surface area contributed by atoms with E-state index in [0.717, 1.165) is 38.3 Å². The summed E-state index contributed by atoms with van der Waals surface area (Å²) in [6.07, 6.45) is 1.57. The molecule has 0 radical (unpaired) electrons. The maximum atomic E-state index is 13.3. The molecule has 0 aliphatic carbocycles. The number of aromatic nitrogens is 1. The minimum Gasteiger partial charge on any atom is -0.494 e. The number of rotatable bonds is 11. The lowest BCUT2D eigenvalue weighted by Crippen LogP contribution is -2.39. The van der Waals surface area contributed by atoms with E-state index in [-0.39, 0.29) is 18.0 Å². The summed E-state index contributed by atoms with van der Waals surface area (Å²) in [6.45, 7) is 6.19.